The molecule has 0 aromatic heterocycles. The van der Waals surface area contributed by atoms with Gasteiger partial charge in [-0.3, -0.25) is 0 Å². The first kappa shape index (κ1) is 15.5. The van der Waals surface area contributed by atoms with Crippen molar-refractivity contribution in [2.45, 2.75) is 64.2 Å². The Morgan fingerprint density at radius 1 is 1.32 bits per heavy atom. The maximum absolute atomic E-state index is 9.99. The van der Waals surface area contributed by atoms with Crippen LogP contribution in [0.25, 0.3) is 0 Å². The van der Waals surface area contributed by atoms with Crippen LogP contribution in [0.1, 0.15) is 68.9 Å². The molecule has 0 bridgehead atoms. The molecule has 0 aliphatic heterocycles. The number of fused-ring (bicyclic) bond motifs is 1. The molecule has 2 atom stereocenters. The normalized spacial score (nSPS) is 27.7. The maximum atomic E-state index is 9.99. The summed E-state index contributed by atoms with van der Waals surface area (Å²) >= 11 is 0. The van der Waals surface area contributed by atoms with E-state index < -0.39 is 0 Å². The average molecular weight is 300 g/mol. The molecule has 1 aromatic rings. The van der Waals surface area contributed by atoms with Gasteiger partial charge >= 0.3 is 0 Å². The minimum atomic E-state index is 0.276. The van der Waals surface area contributed by atoms with E-state index in [0.29, 0.717) is 17.1 Å². The Hall–Kier alpha value is -1.44. The van der Waals surface area contributed by atoms with Gasteiger partial charge in [0.2, 0.25) is 0 Å². The van der Waals surface area contributed by atoms with Crippen molar-refractivity contribution < 1.29 is 9.84 Å². The van der Waals surface area contributed by atoms with E-state index in [2.05, 4.69) is 19.6 Å². The fourth-order valence-electron chi connectivity index (χ4n) is 4.35. The zero-order valence-corrected chi connectivity index (χ0v) is 14.0. The second kappa shape index (κ2) is 5.98. The maximum Gasteiger partial charge on any atom is 0.160 e. The van der Waals surface area contributed by atoms with Crippen LogP contribution in [0.2, 0.25) is 0 Å². The van der Waals surface area contributed by atoms with Gasteiger partial charge in [-0.25, -0.2) is 0 Å². The predicted molar refractivity (Wildman–Crippen MR) is 90.7 cm³/mol. The molecule has 1 N–H and O–H groups in total. The Morgan fingerprint density at radius 3 is 2.82 bits per heavy atom. The van der Waals surface area contributed by atoms with E-state index in [4.69, 9.17) is 4.74 Å². The number of benzene rings is 1. The number of aryl methyl sites for hydroxylation is 1. The zero-order valence-electron chi connectivity index (χ0n) is 14.0. The number of hydrogen-bond donors (Lipinski definition) is 1. The van der Waals surface area contributed by atoms with Gasteiger partial charge in [0.1, 0.15) is 0 Å². The summed E-state index contributed by atoms with van der Waals surface area (Å²) in [6.45, 7) is 6.69. The van der Waals surface area contributed by atoms with Gasteiger partial charge in [0, 0.05) is 0 Å². The summed E-state index contributed by atoms with van der Waals surface area (Å²) < 4.78 is 5.31. The van der Waals surface area contributed by atoms with Crippen LogP contribution >= 0.6 is 0 Å². The van der Waals surface area contributed by atoms with Gasteiger partial charge in [-0.2, -0.15) is 0 Å². The summed E-state index contributed by atoms with van der Waals surface area (Å²) in [5.41, 5.74) is 4.50. The summed E-state index contributed by atoms with van der Waals surface area (Å²) in [4.78, 5) is 0. The second-order valence-corrected chi connectivity index (χ2v) is 7.37. The van der Waals surface area contributed by atoms with Crippen molar-refractivity contribution in [3.05, 3.63) is 35.4 Å². The number of phenolic OH excluding ortho intramolecular Hbond substituents is 1. The van der Waals surface area contributed by atoms with Gasteiger partial charge in [0.05, 0.1) is 7.11 Å². The molecule has 0 radical (unpaired) electrons. The number of ether oxygens (including phenoxy) is 1. The van der Waals surface area contributed by atoms with Crippen LogP contribution in [0.5, 0.6) is 11.5 Å². The van der Waals surface area contributed by atoms with E-state index in [0.717, 1.165) is 6.42 Å². The highest BCUT2D eigenvalue weighted by Crippen LogP contribution is 2.48. The van der Waals surface area contributed by atoms with Gasteiger partial charge in [-0.15, -0.1) is 0 Å². The summed E-state index contributed by atoms with van der Waals surface area (Å²) in [7, 11) is 1.63. The highest BCUT2D eigenvalue weighted by atomic mass is 16.5. The van der Waals surface area contributed by atoms with Crippen LogP contribution in [-0.4, -0.2) is 12.2 Å². The molecular formula is C20H28O2. The van der Waals surface area contributed by atoms with Crippen molar-refractivity contribution in [2.24, 2.45) is 5.41 Å². The Labute approximate surface area is 134 Å². The molecule has 2 nitrogen and oxygen atoms in total. The van der Waals surface area contributed by atoms with E-state index in [1.807, 2.05) is 6.07 Å². The molecule has 0 amide bonds. The van der Waals surface area contributed by atoms with E-state index in [1.165, 1.54) is 61.6 Å². The summed E-state index contributed by atoms with van der Waals surface area (Å²) in [6, 6.07) is 3.98. The molecule has 0 spiro atoms. The largest absolute Gasteiger partial charge is 0.504 e. The standard InChI is InChI=1S/C20H28O2/c1-14-6-5-10-20(14,2)11-9-15-7-4-8-16-12-18(21)19(22-3)13-17(15)16/h12-13,15,21H,1,4-11H2,2-3H3. The lowest BCUT2D eigenvalue weighted by molar-refractivity contribution is 0.336. The molecule has 2 unspecified atom stereocenters. The summed E-state index contributed by atoms with van der Waals surface area (Å²) in [5, 5.41) is 9.99. The van der Waals surface area contributed by atoms with Crippen molar-refractivity contribution in [2.75, 3.05) is 7.11 Å². The lowest BCUT2D eigenvalue weighted by Crippen LogP contribution is -2.17. The molecule has 0 heterocycles. The lowest BCUT2D eigenvalue weighted by atomic mass is 9.74. The lowest BCUT2D eigenvalue weighted by Gasteiger charge is -2.31. The highest BCUT2D eigenvalue weighted by Gasteiger charge is 2.33. The molecule has 22 heavy (non-hydrogen) atoms. The van der Waals surface area contributed by atoms with Crippen molar-refractivity contribution in [1.82, 2.24) is 0 Å². The van der Waals surface area contributed by atoms with Crippen LogP contribution in [-0.2, 0) is 6.42 Å². The van der Waals surface area contributed by atoms with Crippen molar-refractivity contribution in [3.8, 4) is 11.5 Å². The topological polar surface area (TPSA) is 29.5 Å². The first-order valence-corrected chi connectivity index (χ1v) is 8.61. The number of rotatable bonds is 4. The minimum Gasteiger partial charge on any atom is -0.504 e. The number of aromatic hydroxyl groups is 1. The van der Waals surface area contributed by atoms with Crippen LogP contribution in [0.4, 0.5) is 0 Å². The van der Waals surface area contributed by atoms with Crippen LogP contribution < -0.4 is 4.74 Å². The van der Waals surface area contributed by atoms with E-state index in [1.54, 1.807) is 7.11 Å². The van der Waals surface area contributed by atoms with Gasteiger partial charge in [0.25, 0.3) is 0 Å². The monoisotopic (exact) mass is 300 g/mol. The molecule has 120 valence electrons. The van der Waals surface area contributed by atoms with Gasteiger partial charge < -0.3 is 9.84 Å². The zero-order chi connectivity index (χ0) is 15.7. The fraction of sp³-hybridized carbons (Fsp3) is 0.600. The molecular weight excluding hydrogens is 272 g/mol. The van der Waals surface area contributed by atoms with Gasteiger partial charge in [0.15, 0.2) is 11.5 Å². The summed E-state index contributed by atoms with van der Waals surface area (Å²) in [5.74, 6) is 1.49. The first-order valence-electron chi connectivity index (χ1n) is 8.61. The minimum absolute atomic E-state index is 0.276. The third-order valence-electron chi connectivity index (χ3n) is 5.98. The van der Waals surface area contributed by atoms with Gasteiger partial charge in [-0.05, 0) is 86.0 Å². The predicted octanol–water partition coefficient (Wildman–Crippen LogP) is 5.35. The van der Waals surface area contributed by atoms with Crippen molar-refractivity contribution in [1.29, 1.82) is 0 Å². The highest BCUT2D eigenvalue weighted by molar-refractivity contribution is 5.48. The fourth-order valence-corrected chi connectivity index (χ4v) is 4.35. The van der Waals surface area contributed by atoms with E-state index in [9.17, 15) is 5.11 Å². The number of methoxy groups -OCH3 is 1. The molecule has 1 fully saturated rings. The number of hydrogen-bond acceptors (Lipinski definition) is 2. The molecule has 1 saturated carbocycles. The quantitative estimate of drug-likeness (QED) is 0.760. The van der Waals surface area contributed by atoms with E-state index >= 15 is 0 Å². The molecule has 1 aromatic carbocycles. The Balaban J connectivity index is 1.78. The van der Waals surface area contributed by atoms with Crippen molar-refractivity contribution in [3.63, 3.8) is 0 Å². The van der Waals surface area contributed by atoms with Crippen molar-refractivity contribution >= 4 is 0 Å². The SMILES string of the molecule is C=C1CCCC1(C)CCC1CCCc2cc(O)c(OC)cc21. The third kappa shape index (κ3) is 2.76. The molecule has 2 heteroatoms. The Bertz CT molecular complexity index is 575. The molecule has 0 saturated heterocycles. The smallest absolute Gasteiger partial charge is 0.160 e. The second-order valence-electron chi connectivity index (χ2n) is 7.37. The number of phenols is 1. The molecule has 2 aliphatic carbocycles. The van der Waals surface area contributed by atoms with E-state index in [-0.39, 0.29) is 5.75 Å². The number of allylic oxidation sites excluding steroid dienone is 1. The Kier molecular flexibility index (Phi) is 4.20. The van der Waals surface area contributed by atoms with Crippen LogP contribution in [0.15, 0.2) is 24.3 Å². The molecule has 2 aliphatic rings. The van der Waals surface area contributed by atoms with Gasteiger partial charge in [-0.1, -0.05) is 19.1 Å². The average Bonchev–Trinajstić information content (AvgIpc) is 2.84. The first-order chi connectivity index (χ1) is 10.5. The van der Waals surface area contributed by atoms with Crippen LogP contribution in [0.3, 0.4) is 0 Å². The summed E-state index contributed by atoms with van der Waals surface area (Å²) in [6.07, 6.45) is 9.82. The van der Waals surface area contributed by atoms with Crippen LogP contribution in [0, 0.1) is 5.41 Å². The third-order valence-corrected chi connectivity index (χ3v) is 5.98. The Morgan fingerprint density at radius 2 is 2.14 bits per heavy atom. The molecule has 3 rings (SSSR count).